The van der Waals surface area contributed by atoms with Crippen LogP contribution < -0.4 is 9.47 Å². The second kappa shape index (κ2) is 7.29. The fourth-order valence-corrected chi connectivity index (χ4v) is 4.57. The Hall–Kier alpha value is -2.69. The SMILES string of the molecule is COc1cc(Cl)cc(Cl)c1C1Oc2ccccc2C2CC(c3ccccc3)=NN21. The van der Waals surface area contributed by atoms with Gasteiger partial charge in [-0.05, 0) is 23.8 Å². The lowest BCUT2D eigenvalue weighted by Gasteiger charge is -2.38. The van der Waals surface area contributed by atoms with Gasteiger partial charge in [0.25, 0.3) is 0 Å². The maximum Gasteiger partial charge on any atom is 0.218 e. The molecule has 6 heteroatoms. The summed E-state index contributed by atoms with van der Waals surface area (Å²) in [6.07, 6.45) is 0.268. The summed E-state index contributed by atoms with van der Waals surface area (Å²) in [6, 6.07) is 21.8. The number of para-hydroxylation sites is 1. The Morgan fingerprint density at radius 1 is 1.03 bits per heavy atom. The van der Waals surface area contributed by atoms with Crippen LogP contribution in [-0.2, 0) is 0 Å². The third-order valence-corrected chi connectivity index (χ3v) is 5.86. The van der Waals surface area contributed by atoms with Crippen LogP contribution in [0.1, 0.15) is 35.4 Å². The highest BCUT2D eigenvalue weighted by Crippen LogP contribution is 2.50. The molecule has 0 aliphatic carbocycles. The highest BCUT2D eigenvalue weighted by molar-refractivity contribution is 6.35. The molecule has 3 aromatic rings. The Morgan fingerprint density at radius 2 is 1.79 bits per heavy atom. The Kier molecular flexibility index (Phi) is 4.61. The first kappa shape index (κ1) is 18.3. The number of fused-ring (bicyclic) bond motifs is 3. The van der Waals surface area contributed by atoms with Crippen molar-refractivity contribution in [2.75, 3.05) is 7.11 Å². The number of hydrogen-bond acceptors (Lipinski definition) is 4. The zero-order valence-corrected chi connectivity index (χ0v) is 17.2. The number of benzene rings is 3. The van der Waals surface area contributed by atoms with Crippen LogP contribution in [0, 0.1) is 0 Å². The van der Waals surface area contributed by atoms with Crippen molar-refractivity contribution in [1.82, 2.24) is 5.01 Å². The molecule has 0 saturated carbocycles. The number of rotatable bonds is 3. The molecular weight excluding hydrogens is 407 g/mol. The van der Waals surface area contributed by atoms with Crippen molar-refractivity contribution in [1.29, 1.82) is 0 Å². The van der Waals surface area contributed by atoms with Crippen LogP contribution in [0.15, 0.2) is 71.8 Å². The zero-order chi connectivity index (χ0) is 20.0. The maximum atomic E-state index is 6.60. The molecule has 2 aliphatic heterocycles. The summed E-state index contributed by atoms with van der Waals surface area (Å²) in [5, 5.41) is 7.94. The number of nitrogens with zero attached hydrogens (tertiary/aromatic N) is 2. The zero-order valence-electron chi connectivity index (χ0n) is 15.7. The van der Waals surface area contributed by atoms with Gasteiger partial charge in [0.05, 0.1) is 29.4 Å². The molecule has 0 bridgehead atoms. The monoisotopic (exact) mass is 424 g/mol. The molecule has 2 heterocycles. The largest absolute Gasteiger partial charge is 0.496 e. The van der Waals surface area contributed by atoms with Crippen molar-refractivity contribution in [3.8, 4) is 11.5 Å². The first-order chi connectivity index (χ1) is 14.2. The van der Waals surface area contributed by atoms with Crippen LogP contribution in [0.3, 0.4) is 0 Å². The third kappa shape index (κ3) is 3.13. The van der Waals surface area contributed by atoms with Crippen LogP contribution in [0.5, 0.6) is 11.5 Å². The van der Waals surface area contributed by atoms with Gasteiger partial charge >= 0.3 is 0 Å². The van der Waals surface area contributed by atoms with Crippen molar-refractivity contribution in [3.05, 3.63) is 93.5 Å². The van der Waals surface area contributed by atoms with Crippen molar-refractivity contribution >= 4 is 28.9 Å². The Bertz CT molecular complexity index is 1100. The van der Waals surface area contributed by atoms with Gasteiger partial charge in [-0.3, -0.25) is 0 Å². The molecule has 2 aliphatic rings. The van der Waals surface area contributed by atoms with Gasteiger partial charge in [-0.1, -0.05) is 71.7 Å². The van der Waals surface area contributed by atoms with Crippen LogP contribution in [0.2, 0.25) is 10.0 Å². The van der Waals surface area contributed by atoms with E-state index >= 15 is 0 Å². The number of methoxy groups -OCH3 is 1. The summed E-state index contributed by atoms with van der Waals surface area (Å²) in [7, 11) is 1.60. The minimum atomic E-state index is -0.518. The summed E-state index contributed by atoms with van der Waals surface area (Å²) in [5.74, 6) is 1.41. The van der Waals surface area contributed by atoms with E-state index in [-0.39, 0.29) is 6.04 Å². The van der Waals surface area contributed by atoms with E-state index in [1.165, 1.54) is 0 Å². The molecule has 0 fully saturated rings. The lowest BCUT2D eigenvalue weighted by atomic mass is 9.96. The van der Waals surface area contributed by atoms with Crippen LogP contribution in [0.4, 0.5) is 0 Å². The summed E-state index contributed by atoms with van der Waals surface area (Å²) >= 11 is 12.8. The Morgan fingerprint density at radius 3 is 2.59 bits per heavy atom. The van der Waals surface area contributed by atoms with Gasteiger partial charge in [-0.2, -0.15) is 5.10 Å². The topological polar surface area (TPSA) is 34.1 Å². The summed E-state index contributed by atoms with van der Waals surface area (Å²) in [4.78, 5) is 0. The summed E-state index contributed by atoms with van der Waals surface area (Å²) in [6.45, 7) is 0. The van der Waals surface area contributed by atoms with E-state index in [2.05, 4.69) is 18.2 Å². The third-order valence-electron chi connectivity index (χ3n) is 5.33. The first-order valence-corrected chi connectivity index (χ1v) is 10.1. The molecule has 146 valence electrons. The molecule has 4 nitrogen and oxygen atoms in total. The van der Waals surface area contributed by atoms with Gasteiger partial charge < -0.3 is 9.47 Å². The lowest BCUT2D eigenvalue weighted by molar-refractivity contribution is -0.0202. The fraction of sp³-hybridized carbons (Fsp3) is 0.174. The van der Waals surface area contributed by atoms with E-state index in [0.717, 1.165) is 34.6 Å². The van der Waals surface area contributed by atoms with Gasteiger partial charge in [0.2, 0.25) is 6.23 Å². The molecule has 0 saturated heterocycles. The average molecular weight is 425 g/mol. The second-order valence-electron chi connectivity index (χ2n) is 7.02. The van der Waals surface area contributed by atoms with Gasteiger partial charge in [0.15, 0.2) is 0 Å². The minimum Gasteiger partial charge on any atom is -0.496 e. The molecule has 29 heavy (non-hydrogen) atoms. The maximum absolute atomic E-state index is 6.60. The Balaban J connectivity index is 1.66. The summed E-state index contributed by atoms with van der Waals surface area (Å²) in [5.41, 5.74) is 3.95. The van der Waals surface area contributed by atoms with Crippen molar-refractivity contribution in [2.45, 2.75) is 18.7 Å². The quantitative estimate of drug-likeness (QED) is 0.498. The molecule has 2 atom stereocenters. The van der Waals surface area contributed by atoms with E-state index in [4.69, 9.17) is 37.8 Å². The van der Waals surface area contributed by atoms with Gasteiger partial charge in [0, 0.05) is 17.0 Å². The highest BCUT2D eigenvalue weighted by Gasteiger charge is 2.42. The number of hydrogen-bond donors (Lipinski definition) is 0. The standard InChI is InChI=1S/C23H18Cl2N2O2/c1-28-21-12-15(24)11-17(25)22(21)23-27-19(16-9-5-6-10-20(16)29-23)13-18(26-27)14-7-3-2-4-8-14/h2-12,19,23H,13H2,1H3. The molecule has 5 rings (SSSR count). The molecule has 2 unspecified atom stereocenters. The van der Waals surface area contributed by atoms with E-state index in [0.29, 0.717) is 15.8 Å². The smallest absolute Gasteiger partial charge is 0.218 e. The van der Waals surface area contributed by atoms with Crippen molar-refractivity contribution < 1.29 is 9.47 Å². The van der Waals surface area contributed by atoms with Gasteiger partial charge in [-0.15, -0.1) is 0 Å². The van der Waals surface area contributed by atoms with E-state index < -0.39 is 6.23 Å². The van der Waals surface area contributed by atoms with E-state index in [1.54, 1.807) is 19.2 Å². The van der Waals surface area contributed by atoms with E-state index in [9.17, 15) is 0 Å². The molecule has 0 N–H and O–H groups in total. The van der Waals surface area contributed by atoms with Crippen molar-refractivity contribution in [2.24, 2.45) is 5.10 Å². The minimum absolute atomic E-state index is 0.0524. The van der Waals surface area contributed by atoms with Crippen LogP contribution in [0.25, 0.3) is 0 Å². The van der Waals surface area contributed by atoms with E-state index in [1.807, 2.05) is 41.4 Å². The Labute approximate surface area is 179 Å². The molecule has 0 radical (unpaired) electrons. The van der Waals surface area contributed by atoms with Crippen molar-refractivity contribution in [3.63, 3.8) is 0 Å². The normalized spacial score (nSPS) is 19.8. The molecule has 0 spiro atoms. The molecular formula is C23H18Cl2N2O2. The number of hydrazone groups is 1. The molecule has 0 amide bonds. The number of ether oxygens (including phenoxy) is 2. The molecule has 3 aromatic carbocycles. The highest BCUT2D eigenvalue weighted by atomic mass is 35.5. The first-order valence-electron chi connectivity index (χ1n) is 9.35. The molecule has 0 aromatic heterocycles. The predicted molar refractivity (Wildman–Crippen MR) is 115 cm³/mol. The predicted octanol–water partition coefficient (Wildman–Crippen LogP) is 6.24. The summed E-state index contributed by atoms with van der Waals surface area (Å²) < 4.78 is 12.0. The van der Waals surface area contributed by atoms with Crippen LogP contribution in [-0.4, -0.2) is 17.8 Å². The van der Waals surface area contributed by atoms with Crippen LogP contribution >= 0.6 is 23.2 Å². The van der Waals surface area contributed by atoms with Gasteiger partial charge in [-0.25, -0.2) is 5.01 Å². The van der Waals surface area contributed by atoms with Gasteiger partial charge in [0.1, 0.15) is 11.5 Å². The second-order valence-corrected chi connectivity index (χ2v) is 7.87. The lowest BCUT2D eigenvalue weighted by Crippen LogP contribution is -2.34. The fourth-order valence-electron chi connectivity index (χ4n) is 4.00. The number of halogens is 2. The average Bonchev–Trinajstić information content (AvgIpc) is 3.19.